The third kappa shape index (κ3) is 5.88. The topological polar surface area (TPSA) is 84.5 Å². The molecule has 0 aliphatic carbocycles. The Kier molecular flexibility index (Phi) is 7.28. The maximum Gasteiger partial charge on any atom is 0.262 e. The monoisotopic (exact) mass is 416 g/mol. The molecule has 0 atom stereocenters. The maximum atomic E-state index is 12.0. The molecule has 9 heteroatoms. The van der Waals surface area contributed by atoms with Crippen LogP contribution in [-0.4, -0.2) is 27.5 Å². The molecular formula is C17H18Cl2N2O4S. The van der Waals surface area contributed by atoms with Crippen LogP contribution < -0.4 is 14.8 Å². The first-order valence-corrected chi connectivity index (χ1v) is 10.0. The average Bonchev–Trinajstić information content (AvgIpc) is 2.60. The van der Waals surface area contributed by atoms with Gasteiger partial charge in [-0.25, -0.2) is 13.1 Å². The highest BCUT2D eigenvalue weighted by Gasteiger charge is 2.13. The van der Waals surface area contributed by atoms with Crippen molar-refractivity contribution in [2.75, 3.05) is 18.5 Å². The third-order valence-electron chi connectivity index (χ3n) is 3.24. The quantitative estimate of drug-likeness (QED) is 0.686. The number of ether oxygens (including phenoxy) is 1. The number of carbonyl (C=O) groups excluding carboxylic acids is 1. The van der Waals surface area contributed by atoms with Crippen molar-refractivity contribution < 1.29 is 17.9 Å². The Bertz CT molecular complexity index is 871. The number of carbonyl (C=O) groups is 1. The molecule has 140 valence electrons. The normalized spacial score (nSPS) is 11.2. The van der Waals surface area contributed by atoms with E-state index in [2.05, 4.69) is 10.0 Å². The standard InChI is InChI=1S/C17H18Cl2N2O4S/c1-2-9-20-26(23,24)14-6-4-13(5-7-14)21-17(22)11-25-16-8-3-12(18)10-15(16)19/h3-8,10,20H,2,9,11H2,1H3,(H,21,22). The predicted molar refractivity (Wildman–Crippen MR) is 103 cm³/mol. The second-order valence-electron chi connectivity index (χ2n) is 5.33. The second kappa shape index (κ2) is 9.23. The second-order valence-corrected chi connectivity index (χ2v) is 7.94. The Morgan fingerprint density at radius 2 is 1.81 bits per heavy atom. The molecule has 0 aromatic heterocycles. The number of hydrogen-bond acceptors (Lipinski definition) is 4. The largest absolute Gasteiger partial charge is 0.482 e. The van der Waals surface area contributed by atoms with Gasteiger partial charge in [0.25, 0.3) is 5.91 Å². The zero-order chi connectivity index (χ0) is 19.2. The van der Waals surface area contributed by atoms with Crippen molar-refractivity contribution in [2.24, 2.45) is 0 Å². The lowest BCUT2D eigenvalue weighted by Crippen LogP contribution is -2.24. The minimum Gasteiger partial charge on any atom is -0.482 e. The smallest absolute Gasteiger partial charge is 0.262 e. The van der Waals surface area contributed by atoms with Crippen LogP contribution in [-0.2, 0) is 14.8 Å². The van der Waals surface area contributed by atoms with Crippen LogP contribution >= 0.6 is 23.2 Å². The highest BCUT2D eigenvalue weighted by Crippen LogP contribution is 2.27. The lowest BCUT2D eigenvalue weighted by molar-refractivity contribution is -0.118. The number of sulfonamides is 1. The Morgan fingerprint density at radius 1 is 1.12 bits per heavy atom. The van der Waals surface area contributed by atoms with Crippen LogP contribution in [0.5, 0.6) is 5.75 Å². The first kappa shape index (κ1) is 20.5. The van der Waals surface area contributed by atoms with Gasteiger partial charge in [-0.3, -0.25) is 4.79 Å². The molecule has 0 radical (unpaired) electrons. The van der Waals surface area contributed by atoms with E-state index in [9.17, 15) is 13.2 Å². The molecule has 2 aromatic rings. The van der Waals surface area contributed by atoms with E-state index in [0.29, 0.717) is 34.4 Å². The first-order chi connectivity index (χ1) is 12.3. The summed E-state index contributed by atoms with van der Waals surface area (Å²) < 4.78 is 31.8. The molecule has 0 saturated heterocycles. The van der Waals surface area contributed by atoms with E-state index in [-0.39, 0.29) is 11.5 Å². The number of hydrogen-bond donors (Lipinski definition) is 2. The van der Waals surface area contributed by atoms with Gasteiger partial charge < -0.3 is 10.1 Å². The minimum atomic E-state index is -3.54. The maximum absolute atomic E-state index is 12.0. The van der Waals surface area contributed by atoms with Crippen molar-refractivity contribution in [1.29, 1.82) is 0 Å². The van der Waals surface area contributed by atoms with Gasteiger partial charge in [0.05, 0.1) is 9.92 Å². The van der Waals surface area contributed by atoms with Crippen molar-refractivity contribution in [1.82, 2.24) is 4.72 Å². The van der Waals surface area contributed by atoms with E-state index >= 15 is 0 Å². The van der Waals surface area contributed by atoms with Gasteiger partial charge in [-0.2, -0.15) is 0 Å². The Balaban J connectivity index is 1.93. The van der Waals surface area contributed by atoms with Gasteiger partial charge in [-0.15, -0.1) is 0 Å². The lowest BCUT2D eigenvalue weighted by atomic mass is 10.3. The number of halogens is 2. The molecular weight excluding hydrogens is 399 g/mol. The van der Waals surface area contributed by atoms with E-state index in [0.717, 1.165) is 0 Å². The summed E-state index contributed by atoms with van der Waals surface area (Å²) in [6.07, 6.45) is 0.699. The summed E-state index contributed by atoms with van der Waals surface area (Å²) in [6.45, 7) is 1.99. The zero-order valence-electron chi connectivity index (χ0n) is 14.0. The van der Waals surface area contributed by atoms with Crippen molar-refractivity contribution in [2.45, 2.75) is 18.2 Å². The fraction of sp³-hybridized carbons (Fsp3) is 0.235. The van der Waals surface area contributed by atoms with E-state index in [1.165, 1.54) is 30.3 Å². The van der Waals surface area contributed by atoms with Gasteiger partial charge in [-0.05, 0) is 48.9 Å². The van der Waals surface area contributed by atoms with Crippen LogP contribution in [0.25, 0.3) is 0 Å². The summed E-state index contributed by atoms with van der Waals surface area (Å²) in [5, 5.41) is 3.39. The summed E-state index contributed by atoms with van der Waals surface area (Å²) >= 11 is 11.8. The molecule has 0 fully saturated rings. The molecule has 0 unspecified atom stereocenters. The van der Waals surface area contributed by atoms with Gasteiger partial charge >= 0.3 is 0 Å². The van der Waals surface area contributed by atoms with Crippen molar-refractivity contribution in [3.63, 3.8) is 0 Å². The van der Waals surface area contributed by atoms with Gasteiger partial charge in [0.2, 0.25) is 10.0 Å². The van der Waals surface area contributed by atoms with Crippen molar-refractivity contribution in [3.05, 3.63) is 52.5 Å². The van der Waals surface area contributed by atoms with Gasteiger partial charge in [0, 0.05) is 17.3 Å². The molecule has 0 aliphatic heterocycles. The lowest BCUT2D eigenvalue weighted by Gasteiger charge is -2.10. The first-order valence-electron chi connectivity index (χ1n) is 7.79. The number of benzene rings is 2. The average molecular weight is 417 g/mol. The highest BCUT2D eigenvalue weighted by molar-refractivity contribution is 7.89. The Morgan fingerprint density at radius 3 is 2.42 bits per heavy atom. The minimum absolute atomic E-state index is 0.133. The molecule has 0 aliphatic rings. The highest BCUT2D eigenvalue weighted by atomic mass is 35.5. The predicted octanol–water partition coefficient (Wildman–Crippen LogP) is 3.70. The van der Waals surface area contributed by atoms with Crippen LogP contribution in [0.4, 0.5) is 5.69 Å². The van der Waals surface area contributed by atoms with Crippen LogP contribution in [0.3, 0.4) is 0 Å². The van der Waals surface area contributed by atoms with Crippen LogP contribution in [0.1, 0.15) is 13.3 Å². The molecule has 0 saturated carbocycles. The Labute approximate surface area is 162 Å². The zero-order valence-corrected chi connectivity index (χ0v) is 16.3. The SMILES string of the molecule is CCCNS(=O)(=O)c1ccc(NC(=O)COc2ccc(Cl)cc2Cl)cc1. The van der Waals surface area contributed by atoms with E-state index < -0.39 is 15.9 Å². The van der Waals surface area contributed by atoms with Crippen LogP contribution in [0, 0.1) is 0 Å². The summed E-state index contributed by atoms with van der Waals surface area (Å²) in [7, 11) is -3.54. The van der Waals surface area contributed by atoms with E-state index in [4.69, 9.17) is 27.9 Å². The fourth-order valence-electron chi connectivity index (χ4n) is 1.97. The number of anilines is 1. The molecule has 2 N–H and O–H groups in total. The fourth-order valence-corrected chi connectivity index (χ4v) is 3.57. The van der Waals surface area contributed by atoms with Crippen molar-refractivity contribution in [3.8, 4) is 5.75 Å². The molecule has 1 amide bonds. The summed E-state index contributed by atoms with van der Waals surface area (Å²) in [4.78, 5) is 12.1. The third-order valence-corrected chi connectivity index (χ3v) is 5.25. The molecule has 0 spiro atoms. The molecule has 2 aromatic carbocycles. The molecule has 0 heterocycles. The summed E-state index contributed by atoms with van der Waals surface area (Å²) in [5.41, 5.74) is 0.454. The number of rotatable bonds is 8. The van der Waals surface area contributed by atoms with Crippen LogP contribution in [0.2, 0.25) is 10.0 Å². The number of amides is 1. The van der Waals surface area contributed by atoms with Gasteiger partial charge in [0.1, 0.15) is 5.75 Å². The summed E-state index contributed by atoms with van der Waals surface area (Å²) in [5.74, 6) is -0.0645. The summed E-state index contributed by atoms with van der Waals surface area (Å²) in [6, 6.07) is 10.5. The van der Waals surface area contributed by atoms with Gasteiger partial charge in [-0.1, -0.05) is 30.1 Å². The molecule has 26 heavy (non-hydrogen) atoms. The van der Waals surface area contributed by atoms with E-state index in [1.54, 1.807) is 12.1 Å². The molecule has 2 rings (SSSR count). The van der Waals surface area contributed by atoms with Crippen LogP contribution in [0.15, 0.2) is 47.4 Å². The van der Waals surface area contributed by atoms with Crippen molar-refractivity contribution >= 4 is 44.8 Å². The Hall–Kier alpha value is -1.80. The molecule has 6 nitrogen and oxygen atoms in total. The van der Waals surface area contributed by atoms with E-state index in [1.807, 2.05) is 6.92 Å². The number of nitrogens with one attached hydrogen (secondary N) is 2. The molecule has 0 bridgehead atoms. The van der Waals surface area contributed by atoms with Gasteiger partial charge in [0.15, 0.2) is 6.61 Å².